The maximum absolute atomic E-state index is 12.8. The molecule has 1 aliphatic rings. The Bertz CT molecular complexity index is 1250. The molecule has 0 unspecified atom stereocenters. The molecular weight excluding hydrogens is 366 g/mol. The third-order valence-electron chi connectivity index (χ3n) is 5.75. The van der Waals surface area contributed by atoms with Crippen LogP contribution < -0.4 is 5.56 Å². The minimum absolute atomic E-state index is 0.0519. The molecule has 0 saturated carbocycles. The van der Waals surface area contributed by atoms with Crippen molar-refractivity contribution in [2.75, 3.05) is 13.1 Å². The lowest BCUT2D eigenvalue weighted by molar-refractivity contribution is -0.133. The Morgan fingerprint density at radius 3 is 2.72 bits per heavy atom. The predicted molar refractivity (Wildman–Crippen MR) is 111 cm³/mol. The highest BCUT2D eigenvalue weighted by Crippen LogP contribution is 2.22. The first-order valence-electron chi connectivity index (χ1n) is 9.84. The van der Waals surface area contributed by atoms with Gasteiger partial charge in [0.25, 0.3) is 5.56 Å². The summed E-state index contributed by atoms with van der Waals surface area (Å²) in [5.74, 6) is 0.109. The highest BCUT2D eigenvalue weighted by Gasteiger charge is 2.25. The first-order valence-corrected chi connectivity index (χ1v) is 9.84. The number of hydrogen-bond acceptors (Lipinski definition) is 4. The number of fused-ring (bicyclic) bond motifs is 2. The lowest BCUT2D eigenvalue weighted by atomic mass is 10.0. The molecule has 7 nitrogen and oxygen atoms in total. The first-order chi connectivity index (χ1) is 14.2. The minimum Gasteiger partial charge on any atom is -0.341 e. The minimum atomic E-state index is -0.0633. The number of carbonyl (C=O) groups is 1. The topological polar surface area (TPSA) is 73.0 Å². The number of carbonyl (C=O) groups excluding carboxylic acids is 1. The Morgan fingerprint density at radius 2 is 1.86 bits per heavy atom. The van der Waals surface area contributed by atoms with Gasteiger partial charge in [-0.1, -0.05) is 18.2 Å². The third-order valence-corrected chi connectivity index (χ3v) is 5.75. The third kappa shape index (κ3) is 3.18. The zero-order valence-corrected chi connectivity index (χ0v) is 15.9. The van der Waals surface area contributed by atoms with E-state index in [1.54, 1.807) is 29.2 Å². The molecule has 1 fully saturated rings. The van der Waals surface area contributed by atoms with Gasteiger partial charge in [0.2, 0.25) is 5.91 Å². The molecule has 0 atom stereocenters. The number of likely N-dealkylation sites (tertiary alicyclic amines) is 1. The number of benzene rings is 1. The van der Waals surface area contributed by atoms with E-state index in [0.717, 1.165) is 23.7 Å². The average molecular weight is 387 g/mol. The van der Waals surface area contributed by atoms with Crippen LogP contribution >= 0.6 is 0 Å². The van der Waals surface area contributed by atoms with E-state index in [1.165, 1.54) is 0 Å². The van der Waals surface area contributed by atoms with Gasteiger partial charge >= 0.3 is 0 Å². The van der Waals surface area contributed by atoms with Crippen molar-refractivity contribution in [3.63, 3.8) is 0 Å². The summed E-state index contributed by atoms with van der Waals surface area (Å²) in [7, 11) is 0. The maximum Gasteiger partial charge on any atom is 0.263 e. The van der Waals surface area contributed by atoms with E-state index in [-0.39, 0.29) is 17.5 Å². The Balaban J connectivity index is 1.28. The van der Waals surface area contributed by atoms with Crippen LogP contribution in [0.4, 0.5) is 0 Å². The van der Waals surface area contributed by atoms with Crippen molar-refractivity contribution >= 4 is 27.8 Å². The summed E-state index contributed by atoms with van der Waals surface area (Å²) >= 11 is 0. The highest BCUT2D eigenvalue weighted by atomic mass is 16.2. The standard InChI is InChI=1S/C22H21N5O2/c28-20(14-26-11-7-16-4-1-2-6-19(16)26)25-12-8-17(9-13-25)27-15-24-21-18(22(27)29)5-3-10-23-21/h1-7,10-11,15,17H,8-9,12-14H2. The van der Waals surface area contributed by atoms with Gasteiger partial charge in [0.1, 0.15) is 12.9 Å². The van der Waals surface area contributed by atoms with Crippen molar-refractivity contribution in [1.29, 1.82) is 0 Å². The van der Waals surface area contributed by atoms with Crippen molar-refractivity contribution < 1.29 is 4.79 Å². The van der Waals surface area contributed by atoms with Gasteiger partial charge in [-0.2, -0.15) is 0 Å². The van der Waals surface area contributed by atoms with E-state index in [1.807, 2.05) is 46.0 Å². The molecule has 4 aromatic rings. The van der Waals surface area contributed by atoms with E-state index >= 15 is 0 Å². The van der Waals surface area contributed by atoms with E-state index in [2.05, 4.69) is 9.97 Å². The van der Waals surface area contributed by atoms with Crippen LogP contribution in [0.5, 0.6) is 0 Å². The molecule has 1 aliphatic heterocycles. The van der Waals surface area contributed by atoms with Crippen molar-refractivity contribution in [2.24, 2.45) is 0 Å². The zero-order valence-electron chi connectivity index (χ0n) is 15.9. The summed E-state index contributed by atoms with van der Waals surface area (Å²) in [5.41, 5.74) is 1.48. The number of para-hydroxylation sites is 1. The molecule has 3 aromatic heterocycles. The molecule has 7 heteroatoms. The zero-order chi connectivity index (χ0) is 19.8. The Kier molecular flexibility index (Phi) is 4.35. The first kappa shape index (κ1) is 17.6. The second-order valence-electron chi connectivity index (χ2n) is 7.45. The van der Waals surface area contributed by atoms with Gasteiger partial charge in [-0.15, -0.1) is 0 Å². The fraction of sp³-hybridized carbons (Fsp3) is 0.273. The second-order valence-corrected chi connectivity index (χ2v) is 7.45. The van der Waals surface area contributed by atoms with Crippen LogP contribution in [0.15, 0.2) is 66.0 Å². The van der Waals surface area contributed by atoms with Crippen LogP contribution in [0.1, 0.15) is 18.9 Å². The summed E-state index contributed by atoms with van der Waals surface area (Å²) in [6.07, 6.45) is 6.67. The van der Waals surface area contributed by atoms with Crippen molar-refractivity contribution in [3.05, 3.63) is 71.5 Å². The van der Waals surface area contributed by atoms with Crippen LogP contribution in [0.2, 0.25) is 0 Å². The molecule has 29 heavy (non-hydrogen) atoms. The van der Waals surface area contributed by atoms with Gasteiger partial charge in [0.15, 0.2) is 5.65 Å². The normalized spacial score (nSPS) is 15.2. The lowest BCUT2D eigenvalue weighted by Gasteiger charge is -2.33. The molecule has 5 rings (SSSR count). The van der Waals surface area contributed by atoms with Gasteiger partial charge in [0.05, 0.1) is 5.39 Å². The van der Waals surface area contributed by atoms with Gasteiger partial charge < -0.3 is 9.47 Å². The van der Waals surface area contributed by atoms with Gasteiger partial charge in [-0.3, -0.25) is 14.2 Å². The molecule has 0 bridgehead atoms. The summed E-state index contributed by atoms with van der Waals surface area (Å²) in [6, 6.07) is 13.7. The van der Waals surface area contributed by atoms with Gasteiger partial charge in [0, 0.05) is 37.0 Å². The molecule has 0 spiro atoms. The molecule has 0 N–H and O–H groups in total. The largest absolute Gasteiger partial charge is 0.341 e. The van der Waals surface area contributed by atoms with Crippen LogP contribution in [0.3, 0.4) is 0 Å². The summed E-state index contributed by atoms with van der Waals surface area (Å²) in [5, 5.41) is 1.67. The number of amides is 1. The van der Waals surface area contributed by atoms with Crippen LogP contribution in [0.25, 0.3) is 21.9 Å². The van der Waals surface area contributed by atoms with Gasteiger partial charge in [-0.05, 0) is 42.5 Å². The van der Waals surface area contributed by atoms with Crippen LogP contribution in [-0.2, 0) is 11.3 Å². The number of nitrogens with zero attached hydrogens (tertiary/aromatic N) is 5. The fourth-order valence-corrected chi connectivity index (χ4v) is 4.15. The quantitative estimate of drug-likeness (QED) is 0.542. The average Bonchev–Trinajstić information content (AvgIpc) is 3.17. The summed E-state index contributed by atoms with van der Waals surface area (Å²) in [6.45, 7) is 1.61. The van der Waals surface area contributed by atoms with Crippen molar-refractivity contribution in [1.82, 2.24) is 24.0 Å². The smallest absolute Gasteiger partial charge is 0.263 e. The molecule has 0 aliphatic carbocycles. The summed E-state index contributed by atoms with van der Waals surface area (Å²) in [4.78, 5) is 35.9. The SMILES string of the molecule is O=C(Cn1ccc2ccccc21)N1CCC(n2cnc3ncccc3c2=O)CC1. The Hall–Kier alpha value is -3.48. The van der Waals surface area contributed by atoms with E-state index < -0.39 is 0 Å². The number of aromatic nitrogens is 4. The molecule has 146 valence electrons. The van der Waals surface area contributed by atoms with Crippen LogP contribution in [-0.4, -0.2) is 43.0 Å². The second kappa shape index (κ2) is 7.16. The van der Waals surface area contributed by atoms with E-state index in [4.69, 9.17) is 0 Å². The van der Waals surface area contributed by atoms with E-state index in [9.17, 15) is 9.59 Å². The number of pyridine rings is 1. The monoisotopic (exact) mass is 387 g/mol. The molecular formula is C22H21N5O2. The number of piperidine rings is 1. The molecule has 1 aromatic carbocycles. The predicted octanol–water partition coefficient (Wildman–Crippen LogP) is 2.61. The number of hydrogen-bond donors (Lipinski definition) is 0. The fourth-order valence-electron chi connectivity index (χ4n) is 4.15. The van der Waals surface area contributed by atoms with Gasteiger partial charge in [-0.25, -0.2) is 9.97 Å². The van der Waals surface area contributed by atoms with Crippen LogP contribution in [0, 0.1) is 0 Å². The molecule has 0 radical (unpaired) electrons. The maximum atomic E-state index is 12.8. The highest BCUT2D eigenvalue weighted by molar-refractivity contribution is 5.83. The Labute approximate surface area is 167 Å². The van der Waals surface area contributed by atoms with Crippen molar-refractivity contribution in [2.45, 2.75) is 25.4 Å². The summed E-state index contributed by atoms with van der Waals surface area (Å²) < 4.78 is 3.69. The molecule has 1 saturated heterocycles. The number of rotatable bonds is 3. The lowest BCUT2D eigenvalue weighted by Crippen LogP contribution is -2.42. The molecule has 4 heterocycles. The van der Waals surface area contributed by atoms with E-state index in [0.29, 0.717) is 30.7 Å². The Morgan fingerprint density at radius 1 is 1.03 bits per heavy atom. The molecule has 1 amide bonds. The van der Waals surface area contributed by atoms with Crippen molar-refractivity contribution in [3.8, 4) is 0 Å².